The molecule has 1 unspecified atom stereocenters. The van der Waals surface area contributed by atoms with Gasteiger partial charge in [0.05, 0.1) is 0 Å². The van der Waals surface area contributed by atoms with E-state index in [0.29, 0.717) is 23.6 Å². The van der Waals surface area contributed by atoms with Crippen molar-refractivity contribution in [3.63, 3.8) is 0 Å². The van der Waals surface area contributed by atoms with E-state index in [9.17, 15) is 14.7 Å². The molecule has 138 valence electrons. The second-order valence-corrected chi connectivity index (χ2v) is 6.48. The lowest BCUT2D eigenvalue weighted by Crippen LogP contribution is -2.48. The minimum Gasteiger partial charge on any atom is -0.508 e. The molecule has 2 rings (SSSR count). The molecule has 0 saturated carbocycles. The number of halogens is 1. The van der Waals surface area contributed by atoms with Crippen LogP contribution in [-0.4, -0.2) is 29.5 Å². The summed E-state index contributed by atoms with van der Waals surface area (Å²) >= 11 is 5.85. The van der Waals surface area contributed by atoms with Crippen LogP contribution in [0.3, 0.4) is 0 Å². The van der Waals surface area contributed by atoms with Gasteiger partial charge in [-0.2, -0.15) is 0 Å². The average molecular weight is 375 g/mol. The topological polar surface area (TPSA) is 78.4 Å². The van der Waals surface area contributed by atoms with Crippen LogP contribution in [0, 0.1) is 0 Å². The molecule has 2 amide bonds. The summed E-state index contributed by atoms with van der Waals surface area (Å²) < 4.78 is 0. The quantitative estimate of drug-likeness (QED) is 0.620. The second-order valence-electron chi connectivity index (χ2n) is 6.05. The highest BCUT2D eigenvalue weighted by Gasteiger charge is 2.21. The third-order valence-corrected chi connectivity index (χ3v) is 4.19. The van der Waals surface area contributed by atoms with E-state index in [4.69, 9.17) is 11.6 Å². The normalized spacial score (nSPS) is 11.6. The van der Waals surface area contributed by atoms with Gasteiger partial charge in [-0.1, -0.05) is 37.1 Å². The highest BCUT2D eigenvalue weighted by atomic mass is 35.5. The average Bonchev–Trinajstić information content (AvgIpc) is 2.63. The van der Waals surface area contributed by atoms with Crippen LogP contribution in [-0.2, 0) is 11.2 Å². The number of aromatic hydroxyl groups is 1. The number of unbranched alkanes of at least 4 members (excludes halogenated alkanes) is 1. The van der Waals surface area contributed by atoms with Crippen molar-refractivity contribution in [2.75, 3.05) is 6.54 Å². The number of phenols is 1. The summed E-state index contributed by atoms with van der Waals surface area (Å²) in [5, 5.41) is 15.6. The lowest BCUT2D eigenvalue weighted by atomic mass is 10.0. The number of carbonyl (C=O) groups is 2. The number of rotatable bonds is 8. The van der Waals surface area contributed by atoms with Gasteiger partial charge in [0.25, 0.3) is 5.91 Å². The van der Waals surface area contributed by atoms with Crippen LogP contribution >= 0.6 is 11.6 Å². The van der Waals surface area contributed by atoms with E-state index in [1.165, 1.54) is 0 Å². The van der Waals surface area contributed by atoms with Crippen molar-refractivity contribution in [1.82, 2.24) is 10.6 Å². The summed E-state index contributed by atoms with van der Waals surface area (Å²) in [6.45, 7) is 2.61. The zero-order valence-electron chi connectivity index (χ0n) is 14.7. The first-order chi connectivity index (χ1) is 12.5. The molecule has 26 heavy (non-hydrogen) atoms. The minimum atomic E-state index is -0.709. The fraction of sp³-hybridized carbons (Fsp3) is 0.300. The van der Waals surface area contributed by atoms with Crippen molar-refractivity contribution in [3.8, 4) is 5.75 Å². The fourth-order valence-corrected chi connectivity index (χ4v) is 2.56. The van der Waals surface area contributed by atoms with E-state index >= 15 is 0 Å². The molecular weight excluding hydrogens is 352 g/mol. The van der Waals surface area contributed by atoms with E-state index in [1.807, 2.05) is 6.92 Å². The molecule has 6 heteroatoms. The van der Waals surface area contributed by atoms with Crippen LogP contribution in [0.1, 0.15) is 35.7 Å². The molecule has 0 aromatic heterocycles. The third-order valence-electron chi connectivity index (χ3n) is 3.93. The lowest BCUT2D eigenvalue weighted by Gasteiger charge is -2.19. The van der Waals surface area contributed by atoms with Crippen molar-refractivity contribution in [3.05, 3.63) is 64.7 Å². The zero-order valence-corrected chi connectivity index (χ0v) is 15.4. The maximum Gasteiger partial charge on any atom is 0.251 e. The Morgan fingerprint density at radius 3 is 2.35 bits per heavy atom. The molecule has 0 saturated heterocycles. The van der Waals surface area contributed by atoms with Gasteiger partial charge in [0.1, 0.15) is 11.8 Å². The molecule has 5 nitrogen and oxygen atoms in total. The molecule has 2 aromatic carbocycles. The number of benzene rings is 2. The molecule has 0 aliphatic rings. The van der Waals surface area contributed by atoms with E-state index in [-0.39, 0.29) is 17.6 Å². The summed E-state index contributed by atoms with van der Waals surface area (Å²) in [5.74, 6) is -0.409. The first-order valence-electron chi connectivity index (χ1n) is 8.61. The molecule has 0 fully saturated rings. The Labute approximate surface area is 158 Å². The minimum absolute atomic E-state index is 0.155. The van der Waals surface area contributed by atoms with Crippen molar-refractivity contribution in [1.29, 1.82) is 0 Å². The van der Waals surface area contributed by atoms with Crippen molar-refractivity contribution in [2.45, 2.75) is 32.2 Å². The van der Waals surface area contributed by atoms with Gasteiger partial charge < -0.3 is 15.7 Å². The van der Waals surface area contributed by atoms with Gasteiger partial charge in [0, 0.05) is 23.6 Å². The summed E-state index contributed by atoms with van der Waals surface area (Å²) in [4.78, 5) is 25.0. The Morgan fingerprint density at radius 1 is 1.08 bits per heavy atom. The van der Waals surface area contributed by atoms with E-state index < -0.39 is 6.04 Å². The summed E-state index contributed by atoms with van der Waals surface area (Å²) in [6.07, 6.45) is 2.18. The van der Waals surface area contributed by atoms with Gasteiger partial charge in [-0.3, -0.25) is 9.59 Å². The molecule has 0 radical (unpaired) electrons. The molecule has 2 aromatic rings. The Bertz CT molecular complexity index is 730. The highest BCUT2D eigenvalue weighted by Crippen LogP contribution is 2.13. The predicted molar refractivity (Wildman–Crippen MR) is 102 cm³/mol. The second kappa shape index (κ2) is 9.82. The zero-order chi connectivity index (χ0) is 18.9. The summed E-state index contributed by atoms with van der Waals surface area (Å²) in [6, 6.07) is 12.4. The monoisotopic (exact) mass is 374 g/mol. The number of nitrogens with one attached hydrogen (secondary N) is 2. The maximum atomic E-state index is 12.5. The standard InChI is InChI=1S/C20H23ClN2O3/c1-2-3-12-22-20(26)18(13-14-4-10-17(24)11-5-14)23-19(25)15-6-8-16(21)9-7-15/h4-11,18,24H,2-3,12-13H2,1H3,(H,22,26)(H,23,25). The Hall–Kier alpha value is -2.53. The number of phenolic OH excluding ortho intramolecular Hbond substituents is 1. The van der Waals surface area contributed by atoms with Crippen molar-refractivity contribution in [2.24, 2.45) is 0 Å². The van der Waals surface area contributed by atoms with Gasteiger partial charge >= 0.3 is 0 Å². The van der Waals surface area contributed by atoms with Crippen LogP contribution < -0.4 is 10.6 Å². The Balaban J connectivity index is 2.10. The van der Waals surface area contributed by atoms with E-state index in [0.717, 1.165) is 18.4 Å². The van der Waals surface area contributed by atoms with Crippen LogP contribution in [0.4, 0.5) is 0 Å². The maximum absolute atomic E-state index is 12.5. The molecule has 0 heterocycles. The third kappa shape index (κ3) is 6.08. The molecule has 1 atom stereocenters. The van der Waals surface area contributed by atoms with Crippen LogP contribution in [0.15, 0.2) is 48.5 Å². The van der Waals surface area contributed by atoms with Crippen LogP contribution in [0.5, 0.6) is 5.75 Å². The number of hydrogen-bond donors (Lipinski definition) is 3. The number of hydrogen-bond acceptors (Lipinski definition) is 3. The molecule has 0 spiro atoms. The SMILES string of the molecule is CCCCNC(=O)C(Cc1ccc(O)cc1)NC(=O)c1ccc(Cl)cc1. The molecule has 0 aliphatic carbocycles. The van der Waals surface area contributed by atoms with Gasteiger partial charge in [-0.05, 0) is 48.4 Å². The van der Waals surface area contributed by atoms with Gasteiger partial charge in [0.2, 0.25) is 5.91 Å². The first kappa shape index (κ1) is 19.8. The Kier molecular flexibility index (Phi) is 7.48. The van der Waals surface area contributed by atoms with E-state index in [2.05, 4.69) is 10.6 Å². The molecule has 0 bridgehead atoms. The smallest absolute Gasteiger partial charge is 0.251 e. The Morgan fingerprint density at radius 2 is 1.73 bits per heavy atom. The first-order valence-corrected chi connectivity index (χ1v) is 8.99. The summed E-state index contributed by atoms with van der Waals surface area (Å²) in [5.41, 5.74) is 1.28. The largest absolute Gasteiger partial charge is 0.508 e. The van der Waals surface area contributed by atoms with Crippen molar-refractivity contribution >= 4 is 23.4 Å². The predicted octanol–water partition coefficient (Wildman–Crippen LogP) is 3.30. The summed E-state index contributed by atoms with van der Waals surface area (Å²) in [7, 11) is 0. The fourth-order valence-electron chi connectivity index (χ4n) is 2.43. The van der Waals surface area contributed by atoms with Gasteiger partial charge in [-0.15, -0.1) is 0 Å². The van der Waals surface area contributed by atoms with Gasteiger partial charge in [0.15, 0.2) is 0 Å². The van der Waals surface area contributed by atoms with Crippen molar-refractivity contribution < 1.29 is 14.7 Å². The molecule has 3 N–H and O–H groups in total. The van der Waals surface area contributed by atoms with E-state index in [1.54, 1.807) is 48.5 Å². The number of amides is 2. The molecule has 0 aliphatic heterocycles. The van der Waals surface area contributed by atoms with Gasteiger partial charge in [-0.25, -0.2) is 0 Å². The highest BCUT2D eigenvalue weighted by molar-refractivity contribution is 6.30. The number of carbonyl (C=O) groups excluding carboxylic acids is 2. The van der Waals surface area contributed by atoms with Crippen LogP contribution in [0.2, 0.25) is 5.02 Å². The molecular formula is C20H23ClN2O3. The lowest BCUT2D eigenvalue weighted by molar-refractivity contribution is -0.122. The van der Waals surface area contributed by atoms with Crippen LogP contribution in [0.25, 0.3) is 0 Å².